The van der Waals surface area contributed by atoms with Gasteiger partial charge in [0.25, 0.3) is 0 Å². The number of anilines is 2. The van der Waals surface area contributed by atoms with Gasteiger partial charge in [-0.15, -0.1) is 0 Å². The van der Waals surface area contributed by atoms with Crippen molar-refractivity contribution >= 4 is 45.0 Å². The molecule has 3 aromatic rings. The van der Waals surface area contributed by atoms with Gasteiger partial charge < -0.3 is 15.2 Å². The Balaban J connectivity index is 1.55. The highest BCUT2D eigenvalue weighted by Crippen LogP contribution is 2.31. The van der Waals surface area contributed by atoms with Crippen molar-refractivity contribution in [2.24, 2.45) is 0 Å². The summed E-state index contributed by atoms with van der Waals surface area (Å²) in [5.41, 5.74) is 2.47. The van der Waals surface area contributed by atoms with Crippen molar-refractivity contribution in [3.63, 3.8) is 0 Å². The minimum Gasteiger partial charge on any atom is -0.382 e. The van der Waals surface area contributed by atoms with E-state index >= 15 is 0 Å². The molecule has 10 heteroatoms. The van der Waals surface area contributed by atoms with E-state index in [2.05, 4.69) is 27.2 Å². The molecule has 186 valence electrons. The molecule has 0 spiro atoms. The first-order valence-electron chi connectivity index (χ1n) is 11.3. The standard InChI is InChI=1S/C25H27F3N4OS2/c1-29-34-21-9-7-18(8-10-21)30-13-3-4-20-16-22-23(31-19-11-14-35(33)15-12-19)5-2-6-24(22)32(20)17-25(26,27)28/h2,5-10,16,19,29-31H,11-15,17H2,1H3. The SMILES string of the molecule is CNSc1ccc(NCC#Cc2cc3c(NC4CCS(=O)CC4)cccc3n2CC(F)(F)F)cc1. The second kappa shape index (κ2) is 11.4. The Labute approximate surface area is 209 Å². The third-order valence-corrected chi connectivity index (χ3v) is 7.80. The molecule has 1 fully saturated rings. The summed E-state index contributed by atoms with van der Waals surface area (Å²) in [5, 5.41) is 7.34. The number of benzene rings is 2. The number of rotatable bonds is 7. The lowest BCUT2D eigenvalue weighted by molar-refractivity contribution is -0.140. The summed E-state index contributed by atoms with van der Waals surface area (Å²) in [6.07, 6.45) is -2.82. The Hall–Kier alpha value is -2.61. The van der Waals surface area contributed by atoms with Crippen molar-refractivity contribution in [3.05, 3.63) is 54.2 Å². The lowest BCUT2D eigenvalue weighted by Crippen LogP contribution is -2.29. The van der Waals surface area contributed by atoms with Crippen LogP contribution >= 0.6 is 11.9 Å². The molecular weight excluding hydrogens is 493 g/mol. The minimum absolute atomic E-state index is 0.154. The van der Waals surface area contributed by atoms with E-state index in [9.17, 15) is 17.4 Å². The molecule has 0 aliphatic carbocycles. The molecule has 0 radical (unpaired) electrons. The van der Waals surface area contributed by atoms with E-state index < -0.39 is 23.5 Å². The Morgan fingerprint density at radius 2 is 1.89 bits per heavy atom. The molecule has 0 saturated carbocycles. The van der Waals surface area contributed by atoms with E-state index in [1.54, 1.807) is 18.2 Å². The third-order valence-electron chi connectivity index (χ3n) is 5.70. The van der Waals surface area contributed by atoms with Crippen LogP contribution in [-0.4, -0.2) is 46.1 Å². The van der Waals surface area contributed by atoms with Gasteiger partial charge in [0, 0.05) is 50.0 Å². The largest absolute Gasteiger partial charge is 0.406 e. The second-order valence-electron chi connectivity index (χ2n) is 8.22. The zero-order chi connectivity index (χ0) is 24.8. The van der Waals surface area contributed by atoms with Crippen LogP contribution in [0.4, 0.5) is 24.5 Å². The van der Waals surface area contributed by atoms with Gasteiger partial charge in [0.15, 0.2) is 0 Å². The summed E-state index contributed by atoms with van der Waals surface area (Å²) < 4.78 is 56.1. The van der Waals surface area contributed by atoms with Gasteiger partial charge in [-0.2, -0.15) is 13.2 Å². The van der Waals surface area contributed by atoms with Gasteiger partial charge in [-0.25, -0.2) is 0 Å². The van der Waals surface area contributed by atoms with E-state index in [1.165, 1.54) is 16.5 Å². The minimum atomic E-state index is -4.37. The molecule has 0 atom stereocenters. The van der Waals surface area contributed by atoms with E-state index in [4.69, 9.17) is 0 Å². The van der Waals surface area contributed by atoms with E-state index in [0.29, 0.717) is 34.6 Å². The van der Waals surface area contributed by atoms with E-state index in [1.807, 2.05) is 37.4 Å². The zero-order valence-electron chi connectivity index (χ0n) is 19.2. The lowest BCUT2D eigenvalue weighted by Gasteiger charge is -2.24. The van der Waals surface area contributed by atoms with Crippen LogP contribution in [0.25, 0.3) is 10.9 Å². The summed E-state index contributed by atoms with van der Waals surface area (Å²) in [6, 6.07) is 15.0. The Morgan fingerprint density at radius 1 is 1.14 bits per heavy atom. The van der Waals surface area contributed by atoms with E-state index in [-0.39, 0.29) is 6.04 Å². The summed E-state index contributed by atoms with van der Waals surface area (Å²) in [5.74, 6) is 7.18. The van der Waals surface area contributed by atoms with Crippen molar-refractivity contribution in [3.8, 4) is 11.8 Å². The van der Waals surface area contributed by atoms with Gasteiger partial charge in [-0.1, -0.05) is 12.0 Å². The fourth-order valence-corrected chi connectivity index (χ4v) is 5.87. The van der Waals surface area contributed by atoms with E-state index in [0.717, 1.165) is 29.1 Å². The molecule has 0 unspecified atom stereocenters. The number of nitrogens with zero attached hydrogens (tertiary/aromatic N) is 1. The highest BCUT2D eigenvalue weighted by molar-refractivity contribution is 7.97. The number of nitrogens with one attached hydrogen (secondary N) is 3. The smallest absolute Gasteiger partial charge is 0.382 e. The van der Waals surface area contributed by atoms with Crippen molar-refractivity contribution in [2.75, 3.05) is 35.7 Å². The molecule has 2 aromatic carbocycles. The van der Waals surface area contributed by atoms with Gasteiger partial charge in [0.2, 0.25) is 0 Å². The van der Waals surface area contributed by atoms with Crippen LogP contribution in [0, 0.1) is 11.8 Å². The molecule has 5 nitrogen and oxygen atoms in total. The van der Waals surface area contributed by atoms with Gasteiger partial charge in [0.05, 0.1) is 17.8 Å². The molecular formula is C25H27F3N4OS2. The topological polar surface area (TPSA) is 58.1 Å². The van der Waals surface area contributed by atoms with Crippen LogP contribution in [0.3, 0.4) is 0 Å². The van der Waals surface area contributed by atoms with Crippen LogP contribution in [0.2, 0.25) is 0 Å². The van der Waals surface area contributed by atoms with Crippen molar-refractivity contribution in [1.29, 1.82) is 0 Å². The van der Waals surface area contributed by atoms with Crippen LogP contribution < -0.4 is 15.4 Å². The average molecular weight is 521 g/mol. The molecule has 3 N–H and O–H groups in total. The molecule has 0 bridgehead atoms. The number of alkyl halides is 3. The highest BCUT2D eigenvalue weighted by Gasteiger charge is 2.30. The Morgan fingerprint density at radius 3 is 2.57 bits per heavy atom. The Kier molecular flexibility index (Phi) is 8.31. The predicted molar refractivity (Wildman–Crippen MR) is 139 cm³/mol. The first kappa shape index (κ1) is 25.5. The summed E-state index contributed by atoms with van der Waals surface area (Å²) in [4.78, 5) is 1.08. The quantitative estimate of drug-likeness (QED) is 0.295. The first-order chi connectivity index (χ1) is 16.8. The summed E-state index contributed by atoms with van der Waals surface area (Å²) in [6.45, 7) is -0.805. The van der Waals surface area contributed by atoms with Crippen molar-refractivity contribution < 1.29 is 17.4 Å². The number of hydrogen-bond acceptors (Lipinski definition) is 5. The van der Waals surface area contributed by atoms with Gasteiger partial charge in [-0.05, 0) is 80.2 Å². The maximum Gasteiger partial charge on any atom is 0.406 e. The normalized spacial score (nSPS) is 18.2. The van der Waals surface area contributed by atoms with Crippen molar-refractivity contribution in [1.82, 2.24) is 9.29 Å². The highest BCUT2D eigenvalue weighted by atomic mass is 32.2. The fraction of sp³-hybridized carbons (Fsp3) is 0.360. The molecule has 1 aromatic heterocycles. The lowest BCUT2D eigenvalue weighted by atomic mass is 10.1. The zero-order valence-corrected chi connectivity index (χ0v) is 20.9. The van der Waals surface area contributed by atoms with Crippen LogP contribution in [-0.2, 0) is 17.3 Å². The maximum atomic E-state index is 13.4. The monoisotopic (exact) mass is 520 g/mol. The molecule has 1 aliphatic rings. The van der Waals surface area contributed by atoms with Gasteiger partial charge >= 0.3 is 6.18 Å². The molecule has 2 heterocycles. The molecule has 35 heavy (non-hydrogen) atoms. The maximum absolute atomic E-state index is 13.4. The predicted octanol–water partition coefficient (Wildman–Crippen LogP) is 5.22. The first-order valence-corrected chi connectivity index (χ1v) is 13.6. The number of fused-ring (bicyclic) bond motifs is 1. The van der Waals surface area contributed by atoms with Crippen LogP contribution in [0.1, 0.15) is 18.5 Å². The Bertz CT molecular complexity index is 1240. The number of hydrogen-bond donors (Lipinski definition) is 3. The summed E-state index contributed by atoms with van der Waals surface area (Å²) >= 11 is 1.51. The van der Waals surface area contributed by atoms with Crippen molar-refractivity contribution in [2.45, 2.75) is 36.5 Å². The van der Waals surface area contributed by atoms with Crippen LogP contribution in [0.5, 0.6) is 0 Å². The molecule has 0 amide bonds. The molecule has 4 rings (SSSR count). The van der Waals surface area contributed by atoms with Gasteiger partial charge in [-0.3, -0.25) is 8.93 Å². The fourth-order valence-electron chi connectivity index (χ4n) is 4.06. The second-order valence-corrected chi connectivity index (χ2v) is 11.0. The van der Waals surface area contributed by atoms with Gasteiger partial charge in [0.1, 0.15) is 6.54 Å². The molecule has 1 saturated heterocycles. The number of aromatic nitrogens is 1. The summed E-state index contributed by atoms with van der Waals surface area (Å²) in [7, 11) is 1.07. The molecule has 1 aliphatic heterocycles. The average Bonchev–Trinajstić information content (AvgIpc) is 3.16. The number of halogens is 3. The third kappa shape index (κ3) is 6.97. The van der Waals surface area contributed by atoms with Crippen LogP contribution in [0.15, 0.2) is 53.4 Å².